The molecule has 3 aliphatic rings. The van der Waals surface area contributed by atoms with Gasteiger partial charge in [0.05, 0.1) is 42.5 Å². The maximum Gasteiger partial charge on any atom is 0.410 e. The number of methoxy groups -OCH3 is 1. The molecule has 0 aliphatic carbocycles. The second-order valence-electron chi connectivity index (χ2n) is 17.5. The molecule has 2 aromatic rings. The van der Waals surface area contributed by atoms with Gasteiger partial charge in [0, 0.05) is 50.0 Å². The average Bonchev–Trinajstić information content (AvgIpc) is 3.78. The molecule has 1 aromatic heterocycles. The number of likely N-dealkylation sites (N-methyl/N-ethyl adjacent to an activating group) is 1. The van der Waals surface area contributed by atoms with E-state index in [4.69, 9.17) is 29.4 Å². The zero-order valence-corrected chi connectivity index (χ0v) is 36.7. The SMILES string of the molecule is CC[C@H]1OC(=O)[C@H](CC#N)C(=O)C[C@@H](O[C@@H]2OC(C)CC(N(C)C)C2O)[C@](C)(OC)C[C@@H](C)CN[C@H](C)[C@H]2N(CCCCn3cc(-c4cccc(N)c4)nn3)C(=O)O[C@]12C. The molecule has 5 rings (SSSR count). The monoisotopic (exact) mass is 838 g/mol. The summed E-state index contributed by atoms with van der Waals surface area (Å²) in [6.45, 7) is 12.8. The van der Waals surface area contributed by atoms with Crippen LogP contribution in [0.4, 0.5) is 10.5 Å². The van der Waals surface area contributed by atoms with Gasteiger partial charge in [0.2, 0.25) is 0 Å². The Bertz CT molecular complexity index is 1820. The van der Waals surface area contributed by atoms with Crippen molar-refractivity contribution in [3.8, 4) is 17.3 Å². The van der Waals surface area contributed by atoms with Crippen molar-refractivity contribution in [1.29, 1.82) is 5.26 Å². The van der Waals surface area contributed by atoms with Gasteiger partial charge < -0.3 is 44.7 Å². The first-order chi connectivity index (χ1) is 28.4. The van der Waals surface area contributed by atoms with Crippen LogP contribution in [-0.4, -0.2) is 142 Å². The van der Waals surface area contributed by atoms with Gasteiger partial charge >= 0.3 is 12.1 Å². The van der Waals surface area contributed by atoms with Crippen LogP contribution in [0.5, 0.6) is 0 Å². The molecule has 1 aromatic carbocycles. The number of carbonyl (C=O) groups excluding carboxylic acids is 3. The Morgan fingerprint density at radius 1 is 1.15 bits per heavy atom. The number of nitrogens with zero attached hydrogens (tertiary/aromatic N) is 6. The van der Waals surface area contributed by atoms with E-state index in [1.165, 1.54) is 0 Å². The smallest absolute Gasteiger partial charge is 0.410 e. The molecule has 1 amide bonds. The Morgan fingerprint density at radius 3 is 2.55 bits per heavy atom. The van der Waals surface area contributed by atoms with Crippen molar-refractivity contribution < 1.29 is 43.2 Å². The third-order valence-electron chi connectivity index (χ3n) is 12.6. The predicted octanol–water partition coefficient (Wildman–Crippen LogP) is 3.93. The lowest BCUT2D eigenvalue weighted by Gasteiger charge is -2.45. The van der Waals surface area contributed by atoms with Crippen LogP contribution in [0.1, 0.15) is 86.5 Å². The highest BCUT2D eigenvalue weighted by Crippen LogP contribution is 2.39. The number of anilines is 1. The van der Waals surface area contributed by atoms with E-state index in [9.17, 15) is 24.8 Å². The first-order valence-electron chi connectivity index (χ1n) is 21.2. The van der Waals surface area contributed by atoms with Crippen LogP contribution < -0.4 is 11.1 Å². The molecule has 4 heterocycles. The van der Waals surface area contributed by atoms with Gasteiger partial charge in [-0.2, -0.15) is 5.26 Å². The van der Waals surface area contributed by atoms with E-state index >= 15 is 0 Å². The van der Waals surface area contributed by atoms with Gasteiger partial charge in [-0.3, -0.25) is 19.2 Å². The standard InChI is InChI=1S/C43H66N8O9/c1-10-35-43(6)38(51(41(55)60-43)19-12-11-18-50-25-32(47-48-50)29-14-13-15-30(45)21-29)28(4)46-24-26(2)23-42(5,56-9)36(22-34(52)31(16-17-44)39(54)58-35)59-40-37(53)33(49(7)8)20-27(3)57-40/h13-15,21,25-28,31,33,35-38,40,46,53H,10-12,16,18-20,22-24,45H2,1-9H3/t26-,27?,28-,31-,33?,35-,36-,37?,38-,40+,42-,43-/m1/s1. The summed E-state index contributed by atoms with van der Waals surface area (Å²) in [5.74, 6) is -2.96. The number of esters is 1. The number of unbranched alkanes of at least 4 members (excludes halogenated alkanes) is 1. The minimum Gasteiger partial charge on any atom is -0.457 e. The van der Waals surface area contributed by atoms with Crippen molar-refractivity contribution in [2.24, 2.45) is 11.8 Å². The summed E-state index contributed by atoms with van der Waals surface area (Å²) in [7, 11) is 5.30. The van der Waals surface area contributed by atoms with Gasteiger partial charge in [-0.25, -0.2) is 4.79 Å². The molecule has 0 radical (unpaired) electrons. The molecule has 17 nitrogen and oxygen atoms in total. The lowest BCUT2D eigenvalue weighted by Crippen LogP contribution is -2.61. The predicted molar refractivity (Wildman–Crippen MR) is 222 cm³/mol. The number of nitrogen functional groups attached to an aromatic ring is 1. The lowest BCUT2D eigenvalue weighted by molar-refractivity contribution is -0.289. The molecule has 17 heteroatoms. The Hall–Kier alpha value is -4.18. The number of aliphatic hydroxyl groups excluding tert-OH is 1. The molecular weight excluding hydrogens is 773 g/mol. The van der Waals surface area contributed by atoms with Crippen molar-refractivity contribution in [3.63, 3.8) is 0 Å². The van der Waals surface area contributed by atoms with Crippen LogP contribution >= 0.6 is 0 Å². The van der Waals surface area contributed by atoms with Crippen LogP contribution in [0, 0.1) is 23.2 Å². The van der Waals surface area contributed by atoms with Gasteiger partial charge in [-0.1, -0.05) is 31.2 Å². The number of cyclic esters (lactones) is 1. The minimum absolute atomic E-state index is 0.0539. The number of hydrogen-bond donors (Lipinski definition) is 3. The number of benzene rings is 1. The number of ether oxygens (including phenoxy) is 5. The van der Waals surface area contributed by atoms with Crippen molar-refractivity contribution in [2.75, 3.05) is 40.0 Å². The van der Waals surface area contributed by atoms with Crippen molar-refractivity contribution >= 4 is 23.5 Å². The number of hydrogen-bond acceptors (Lipinski definition) is 15. The first-order valence-corrected chi connectivity index (χ1v) is 21.2. The zero-order chi connectivity index (χ0) is 43.9. The van der Waals surface area contributed by atoms with Crippen LogP contribution in [0.2, 0.25) is 0 Å². The number of amides is 1. The fraction of sp³-hybridized carbons (Fsp3) is 0.721. The Labute approximate surface area is 354 Å². The molecule has 332 valence electrons. The van der Waals surface area contributed by atoms with E-state index in [2.05, 4.69) is 22.6 Å². The largest absolute Gasteiger partial charge is 0.457 e. The lowest BCUT2D eigenvalue weighted by atomic mass is 9.83. The van der Waals surface area contributed by atoms with Gasteiger partial charge in [0.1, 0.15) is 23.8 Å². The minimum atomic E-state index is -1.45. The van der Waals surface area contributed by atoms with E-state index in [0.29, 0.717) is 56.7 Å². The number of aryl methyl sites for hydroxylation is 1. The summed E-state index contributed by atoms with van der Waals surface area (Å²) in [6.07, 6.45) is -1.12. The number of fused-ring (bicyclic) bond motifs is 1. The molecular formula is C43H66N8O9. The summed E-state index contributed by atoms with van der Waals surface area (Å²) in [6, 6.07) is 8.26. The molecule has 3 saturated heterocycles. The number of aliphatic hydroxyl groups is 1. The van der Waals surface area contributed by atoms with Crippen LogP contribution in [-0.2, 0) is 39.8 Å². The summed E-state index contributed by atoms with van der Waals surface area (Å²) in [5, 5.41) is 33.5. The average molecular weight is 839 g/mol. The van der Waals surface area contributed by atoms with E-state index < -0.39 is 72.0 Å². The fourth-order valence-corrected chi connectivity index (χ4v) is 9.18. The molecule has 3 unspecified atom stereocenters. The maximum atomic E-state index is 14.3. The molecule has 0 spiro atoms. The van der Waals surface area contributed by atoms with E-state index in [-0.39, 0.29) is 36.9 Å². The topological polar surface area (TPSA) is 217 Å². The Morgan fingerprint density at radius 2 is 1.88 bits per heavy atom. The number of nitrogens with two attached hydrogens (primary N) is 1. The van der Waals surface area contributed by atoms with Gasteiger partial charge in [-0.05, 0) is 98.5 Å². The maximum absolute atomic E-state index is 14.3. The molecule has 60 heavy (non-hydrogen) atoms. The third kappa shape index (κ3) is 10.6. The number of rotatable bonds is 12. The van der Waals surface area contributed by atoms with Crippen LogP contribution in [0.15, 0.2) is 30.5 Å². The zero-order valence-electron chi connectivity index (χ0n) is 36.7. The molecule has 0 bridgehead atoms. The highest BCUT2D eigenvalue weighted by atomic mass is 16.7. The number of ketones is 1. The fourth-order valence-electron chi connectivity index (χ4n) is 9.18. The second kappa shape index (κ2) is 20.1. The van der Waals surface area contributed by atoms with Gasteiger partial charge in [0.25, 0.3) is 0 Å². The highest BCUT2D eigenvalue weighted by Gasteiger charge is 2.58. The molecule has 3 aliphatic heterocycles. The van der Waals surface area contributed by atoms with Gasteiger partial charge in [0.15, 0.2) is 17.7 Å². The molecule has 3 fully saturated rings. The summed E-state index contributed by atoms with van der Waals surface area (Å²) < 4.78 is 32.9. The summed E-state index contributed by atoms with van der Waals surface area (Å²) >= 11 is 0. The van der Waals surface area contributed by atoms with E-state index in [1.807, 2.05) is 83.2 Å². The number of carbonyl (C=O) groups is 3. The molecule has 4 N–H and O–H groups in total. The van der Waals surface area contributed by atoms with Gasteiger partial charge in [-0.15, -0.1) is 5.10 Å². The molecule has 12 atom stereocenters. The van der Waals surface area contributed by atoms with Crippen molar-refractivity contribution in [3.05, 3.63) is 30.5 Å². The van der Waals surface area contributed by atoms with Crippen LogP contribution in [0.3, 0.4) is 0 Å². The first kappa shape index (κ1) is 46.9. The Balaban J connectivity index is 1.39. The summed E-state index contributed by atoms with van der Waals surface area (Å²) in [4.78, 5) is 45.8. The van der Waals surface area contributed by atoms with Crippen molar-refractivity contribution in [1.82, 2.24) is 30.1 Å². The normalized spacial score (nSPS) is 34.6. The third-order valence-corrected chi connectivity index (χ3v) is 12.6. The number of nitrogens with one attached hydrogen (secondary N) is 1. The number of nitriles is 1. The Kier molecular flexibility index (Phi) is 15.7. The van der Waals surface area contributed by atoms with E-state index in [1.54, 1.807) is 23.6 Å². The summed E-state index contributed by atoms with van der Waals surface area (Å²) in [5.41, 5.74) is 5.77. The quantitative estimate of drug-likeness (QED) is 0.119. The van der Waals surface area contributed by atoms with E-state index in [0.717, 1.165) is 5.56 Å². The second-order valence-corrected chi connectivity index (χ2v) is 17.5. The van der Waals surface area contributed by atoms with Crippen molar-refractivity contribution in [2.45, 2.75) is 153 Å². The number of Topliss-reactive ketones (excluding diaryl/α,β-unsaturated/α-hetero) is 1. The van der Waals surface area contributed by atoms with Crippen LogP contribution in [0.25, 0.3) is 11.3 Å². The molecule has 0 saturated carbocycles. The highest BCUT2D eigenvalue weighted by molar-refractivity contribution is 5.99. The number of aromatic nitrogens is 3.